The normalized spacial score (nSPS) is 27.1. The van der Waals surface area contributed by atoms with Crippen LogP contribution in [0.25, 0.3) is 0 Å². The number of aliphatic hydroxyl groups is 1. The highest BCUT2D eigenvalue weighted by atomic mass is 16.3. The largest absolute Gasteiger partial charge is 0.388 e. The molecule has 1 amide bonds. The molecule has 0 aromatic carbocycles. The van der Waals surface area contributed by atoms with Crippen LogP contribution in [0.1, 0.15) is 40.0 Å². The van der Waals surface area contributed by atoms with E-state index in [1.807, 2.05) is 13.8 Å². The second-order valence-electron chi connectivity index (χ2n) is 5.55. The summed E-state index contributed by atoms with van der Waals surface area (Å²) in [7, 11) is 0. The van der Waals surface area contributed by atoms with E-state index >= 15 is 0 Å². The summed E-state index contributed by atoms with van der Waals surface area (Å²) >= 11 is 0. The lowest BCUT2D eigenvalue weighted by Gasteiger charge is -2.22. The molecule has 4 heteroatoms. The van der Waals surface area contributed by atoms with Gasteiger partial charge in [0.05, 0.1) is 5.60 Å². The molecule has 0 bridgehead atoms. The number of rotatable bonds is 3. The van der Waals surface area contributed by atoms with Crippen molar-refractivity contribution < 1.29 is 9.90 Å². The van der Waals surface area contributed by atoms with Crippen molar-refractivity contribution in [2.24, 2.45) is 5.73 Å². The Hall–Kier alpha value is -0.610. The van der Waals surface area contributed by atoms with E-state index in [-0.39, 0.29) is 11.4 Å². The fourth-order valence-electron chi connectivity index (χ4n) is 1.75. The van der Waals surface area contributed by atoms with Gasteiger partial charge in [0.1, 0.15) is 0 Å². The molecule has 1 aliphatic rings. The number of carbonyl (C=O) groups is 1. The lowest BCUT2D eigenvalue weighted by molar-refractivity contribution is -0.131. The van der Waals surface area contributed by atoms with Crippen molar-refractivity contribution in [1.82, 2.24) is 4.90 Å². The molecule has 1 rings (SSSR count). The predicted molar refractivity (Wildman–Crippen MR) is 59.3 cm³/mol. The summed E-state index contributed by atoms with van der Waals surface area (Å²) in [5.41, 5.74) is 4.82. The van der Waals surface area contributed by atoms with E-state index in [0.29, 0.717) is 32.4 Å². The van der Waals surface area contributed by atoms with E-state index in [9.17, 15) is 9.90 Å². The Bertz CT molecular complexity index is 243. The summed E-state index contributed by atoms with van der Waals surface area (Å²) in [5, 5.41) is 9.72. The van der Waals surface area contributed by atoms with Crippen molar-refractivity contribution in [2.75, 3.05) is 13.1 Å². The summed E-state index contributed by atoms with van der Waals surface area (Å²) in [4.78, 5) is 13.5. The minimum Gasteiger partial charge on any atom is -0.388 e. The van der Waals surface area contributed by atoms with E-state index < -0.39 is 5.60 Å². The fourth-order valence-corrected chi connectivity index (χ4v) is 1.75. The summed E-state index contributed by atoms with van der Waals surface area (Å²) in [6.45, 7) is 6.72. The number of carbonyl (C=O) groups excluding carboxylic acids is 1. The molecule has 1 fully saturated rings. The molecular weight excluding hydrogens is 192 g/mol. The van der Waals surface area contributed by atoms with E-state index in [1.54, 1.807) is 11.8 Å². The summed E-state index contributed by atoms with van der Waals surface area (Å²) in [6, 6.07) is 0. The van der Waals surface area contributed by atoms with E-state index in [0.717, 1.165) is 0 Å². The smallest absolute Gasteiger partial charge is 0.222 e. The molecule has 1 aliphatic heterocycles. The maximum absolute atomic E-state index is 11.7. The lowest BCUT2D eigenvalue weighted by Crippen LogP contribution is -2.37. The van der Waals surface area contributed by atoms with Crippen LogP contribution in [0.5, 0.6) is 0 Å². The first-order valence-corrected chi connectivity index (χ1v) is 5.49. The fraction of sp³-hybridized carbons (Fsp3) is 0.909. The van der Waals surface area contributed by atoms with E-state index in [1.165, 1.54) is 0 Å². The Morgan fingerprint density at radius 2 is 2.20 bits per heavy atom. The van der Waals surface area contributed by atoms with Crippen LogP contribution in [-0.2, 0) is 4.79 Å². The van der Waals surface area contributed by atoms with Crippen molar-refractivity contribution in [3.8, 4) is 0 Å². The monoisotopic (exact) mass is 214 g/mol. The van der Waals surface area contributed by atoms with Gasteiger partial charge in [-0.25, -0.2) is 0 Å². The number of likely N-dealkylation sites (tertiary alicyclic amines) is 1. The van der Waals surface area contributed by atoms with Crippen LogP contribution in [0.4, 0.5) is 0 Å². The van der Waals surface area contributed by atoms with Crippen LogP contribution in [0.2, 0.25) is 0 Å². The Morgan fingerprint density at radius 3 is 2.60 bits per heavy atom. The highest BCUT2D eigenvalue weighted by Crippen LogP contribution is 2.21. The molecule has 1 unspecified atom stereocenters. The number of β-amino-alcohol motifs (C(OH)–C–C–N with tert-alkyl or cyclic N) is 1. The number of amides is 1. The predicted octanol–water partition coefficient (Wildman–Crippen LogP) is 0.487. The average Bonchev–Trinajstić information content (AvgIpc) is 2.40. The second kappa shape index (κ2) is 4.10. The second-order valence-corrected chi connectivity index (χ2v) is 5.55. The SMILES string of the molecule is CC(C)(N)CCC(=O)N1CCC(C)(O)C1. The first-order valence-electron chi connectivity index (χ1n) is 5.49. The molecule has 1 saturated heterocycles. The third-order valence-electron chi connectivity index (χ3n) is 2.79. The van der Waals surface area contributed by atoms with Crippen LogP contribution >= 0.6 is 0 Å². The van der Waals surface area contributed by atoms with Crippen LogP contribution in [0, 0.1) is 0 Å². The first kappa shape index (κ1) is 12.5. The Morgan fingerprint density at radius 1 is 1.60 bits per heavy atom. The van der Waals surface area contributed by atoms with Gasteiger partial charge >= 0.3 is 0 Å². The van der Waals surface area contributed by atoms with Crippen LogP contribution in [0.3, 0.4) is 0 Å². The molecule has 4 nitrogen and oxygen atoms in total. The summed E-state index contributed by atoms with van der Waals surface area (Å²) < 4.78 is 0. The number of nitrogens with zero attached hydrogens (tertiary/aromatic N) is 1. The van der Waals surface area contributed by atoms with E-state index in [4.69, 9.17) is 5.73 Å². The van der Waals surface area contributed by atoms with Gasteiger partial charge in [0.2, 0.25) is 5.91 Å². The highest BCUT2D eigenvalue weighted by Gasteiger charge is 2.33. The standard InChI is InChI=1S/C11H22N2O2/c1-10(2,12)5-4-9(14)13-7-6-11(3,15)8-13/h15H,4-8,12H2,1-3H3. The molecule has 0 aromatic rings. The molecule has 0 spiro atoms. The van der Waals surface area contributed by atoms with Gasteiger partial charge < -0.3 is 15.7 Å². The van der Waals surface area contributed by atoms with Crippen molar-refractivity contribution in [2.45, 2.75) is 51.2 Å². The lowest BCUT2D eigenvalue weighted by atomic mass is 10.00. The van der Waals surface area contributed by atoms with Crippen molar-refractivity contribution in [3.05, 3.63) is 0 Å². The molecular formula is C11H22N2O2. The topological polar surface area (TPSA) is 66.6 Å². The van der Waals surface area contributed by atoms with Crippen LogP contribution in [0.15, 0.2) is 0 Å². The number of hydrogen-bond acceptors (Lipinski definition) is 3. The van der Waals surface area contributed by atoms with Crippen molar-refractivity contribution in [1.29, 1.82) is 0 Å². The van der Waals surface area contributed by atoms with Gasteiger partial charge in [-0.2, -0.15) is 0 Å². The molecule has 1 heterocycles. The molecule has 15 heavy (non-hydrogen) atoms. The molecule has 3 N–H and O–H groups in total. The van der Waals surface area contributed by atoms with Gasteiger partial charge in [-0.05, 0) is 33.6 Å². The third kappa shape index (κ3) is 4.18. The molecule has 0 saturated carbocycles. The minimum atomic E-state index is -0.701. The summed E-state index contributed by atoms with van der Waals surface area (Å²) in [5.74, 6) is 0.103. The first-order chi connectivity index (χ1) is 6.70. The zero-order chi connectivity index (χ0) is 11.7. The Kier molecular flexibility index (Phi) is 3.41. The summed E-state index contributed by atoms with van der Waals surface area (Å²) in [6.07, 6.45) is 1.83. The van der Waals surface area contributed by atoms with Gasteiger partial charge in [-0.15, -0.1) is 0 Å². The minimum absolute atomic E-state index is 0.103. The van der Waals surface area contributed by atoms with Gasteiger partial charge in [-0.3, -0.25) is 4.79 Å². The average molecular weight is 214 g/mol. The van der Waals surface area contributed by atoms with Crippen molar-refractivity contribution >= 4 is 5.91 Å². The van der Waals surface area contributed by atoms with Gasteiger partial charge in [0, 0.05) is 25.0 Å². The maximum atomic E-state index is 11.7. The molecule has 88 valence electrons. The van der Waals surface area contributed by atoms with Gasteiger partial charge in [0.15, 0.2) is 0 Å². The molecule has 0 aliphatic carbocycles. The Labute approximate surface area is 91.4 Å². The number of hydrogen-bond donors (Lipinski definition) is 2. The molecule has 0 aromatic heterocycles. The van der Waals surface area contributed by atoms with E-state index in [2.05, 4.69) is 0 Å². The molecule has 0 radical (unpaired) electrons. The van der Waals surface area contributed by atoms with Crippen LogP contribution in [-0.4, -0.2) is 40.1 Å². The zero-order valence-corrected chi connectivity index (χ0v) is 9.92. The van der Waals surface area contributed by atoms with Crippen molar-refractivity contribution in [3.63, 3.8) is 0 Å². The van der Waals surface area contributed by atoms with Gasteiger partial charge in [0.25, 0.3) is 0 Å². The highest BCUT2D eigenvalue weighted by molar-refractivity contribution is 5.76. The van der Waals surface area contributed by atoms with Crippen LogP contribution < -0.4 is 5.73 Å². The maximum Gasteiger partial charge on any atom is 0.222 e. The molecule has 1 atom stereocenters. The quantitative estimate of drug-likeness (QED) is 0.718. The third-order valence-corrected chi connectivity index (χ3v) is 2.79. The Balaban J connectivity index is 2.37. The van der Waals surface area contributed by atoms with Gasteiger partial charge in [-0.1, -0.05) is 0 Å². The number of nitrogens with two attached hydrogens (primary N) is 1. The zero-order valence-electron chi connectivity index (χ0n) is 9.92.